The molecular weight excluding hydrogens is 525 g/mol. The summed E-state index contributed by atoms with van der Waals surface area (Å²) in [5.41, 5.74) is 1.09. The molecule has 0 amide bonds. The fourth-order valence-electron chi connectivity index (χ4n) is 3.61. The molecule has 0 saturated carbocycles. The Morgan fingerprint density at radius 3 is 2.68 bits per heavy atom. The fourth-order valence-corrected chi connectivity index (χ4v) is 3.85. The van der Waals surface area contributed by atoms with Crippen LogP contribution >= 0.6 is 35.6 Å². The second kappa shape index (κ2) is 12.9. The third-order valence-electron chi connectivity index (χ3n) is 5.23. The lowest BCUT2D eigenvalue weighted by molar-refractivity contribution is 0.648. The zero-order chi connectivity index (χ0) is 21.3. The van der Waals surface area contributed by atoms with Gasteiger partial charge in [0.25, 0.3) is 0 Å². The molecule has 31 heavy (non-hydrogen) atoms. The van der Waals surface area contributed by atoms with Gasteiger partial charge in [0.2, 0.25) is 0 Å². The smallest absolute Gasteiger partial charge is 0.191 e. The summed E-state index contributed by atoms with van der Waals surface area (Å²) in [5.74, 6) is 2.69. The minimum atomic E-state index is 0. The highest BCUT2D eigenvalue weighted by Crippen LogP contribution is 2.25. The minimum absolute atomic E-state index is 0. The van der Waals surface area contributed by atoms with Crippen LogP contribution in [-0.4, -0.2) is 54.7 Å². The second-order valence-corrected chi connectivity index (χ2v) is 7.68. The number of halogens is 2. The van der Waals surface area contributed by atoms with Gasteiger partial charge < -0.3 is 20.4 Å². The van der Waals surface area contributed by atoms with Crippen molar-refractivity contribution in [2.24, 2.45) is 4.99 Å². The zero-order valence-corrected chi connectivity index (χ0v) is 21.6. The molecule has 0 bridgehead atoms. The number of aromatic nitrogens is 2. The molecule has 9 heteroatoms. The summed E-state index contributed by atoms with van der Waals surface area (Å²) in [6.07, 6.45) is 4.71. The van der Waals surface area contributed by atoms with E-state index in [-0.39, 0.29) is 24.0 Å². The summed E-state index contributed by atoms with van der Waals surface area (Å²) < 4.78 is 0. The number of hydrogen-bond acceptors (Lipinski definition) is 5. The van der Waals surface area contributed by atoms with Gasteiger partial charge in [-0.3, -0.25) is 0 Å². The first kappa shape index (κ1) is 25.5. The van der Waals surface area contributed by atoms with Crippen molar-refractivity contribution in [1.29, 1.82) is 0 Å². The normalized spacial score (nSPS) is 16.1. The van der Waals surface area contributed by atoms with Crippen molar-refractivity contribution in [2.45, 2.75) is 39.8 Å². The monoisotopic (exact) mass is 557 g/mol. The number of aliphatic imine (C=N–C) groups is 1. The molecule has 1 aliphatic rings. The molecular formula is C22H33ClIN7. The summed E-state index contributed by atoms with van der Waals surface area (Å²) in [7, 11) is 0. The van der Waals surface area contributed by atoms with Crippen LogP contribution in [0.25, 0.3) is 0 Å². The Balaban J connectivity index is 0.00000341. The SMILES string of the molecule is CCNC(=NCc1ccc(N(CC)CC)nc1)NC1CCN(c2ncccc2Cl)C1.I. The summed E-state index contributed by atoms with van der Waals surface area (Å²) in [6.45, 7) is 11.4. The summed E-state index contributed by atoms with van der Waals surface area (Å²) in [4.78, 5) is 18.2. The molecule has 2 aromatic rings. The van der Waals surface area contributed by atoms with E-state index in [1.165, 1.54) is 0 Å². The molecule has 0 aromatic carbocycles. The maximum absolute atomic E-state index is 6.30. The van der Waals surface area contributed by atoms with Crippen molar-refractivity contribution in [3.05, 3.63) is 47.2 Å². The third-order valence-corrected chi connectivity index (χ3v) is 5.52. The predicted molar refractivity (Wildman–Crippen MR) is 141 cm³/mol. The molecule has 0 spiro atoms. The molecule has 1 aliphatic heterocycles. The lowest BCUT2D eigenvalue weighted by Crippen LogP contribution is -2.44. The van der Waals surface area contributed by atoms with Crippen molar-refractivity contribution in [3.8, 4) is 0 Å². The van der Waals surface area contributed by atoms with Gasteiger partial charge in [-0.2, -0.15) is 0 Å². The maximum atomic E-state index is 6.30. The van der Waals surface area contributed by atoms with E-state index in [1.807, 2.05) is 18.3 Å². The molecule has 1 saturated heterocycles. The van der Waals surface area contributed by atoms with E-state index in [0.717, 1.165) is 62.3 Å². The molecule has 0 aliphatic carbocycles. The van der Waals surface area contributed by atoms with E-state index in [1.54, 1.807) is 6.20 Å². The van der Waals surface area contributed by atoms with E-state index in [9.17, 15) is 0 Å². The van der Waals surface area contributed by atoms with Crippen LogP contribution in [0.5, 0.6) is 0 Å². The number of hydrogen-bond donors (Lipinski definition) is 2. The molecule has 3 rings (SSSR count). The van der Waals surface area contributed by atoms with Crippen molar-refractivity contribution in [1.82, 2.24) is 20.6 Å². The minimum Gasteiger partial charge on any atom is -0.357 e. The first-order valence-electron chi connectivity index (χ1n) is 10.7. The molecule has 1 unspecified atom stereocenters. The quantitative estimate of drug-likeness (QED) is 0.291. The molecule has 0 radical (unpaired) electrons. The number of rotatable bonds is 8. The zero-order valence-electron chi connectivity index (χ0n) is 18.5. The van der Waals surface area contributed by atoms with E-state index >= 15 is 0 Å². The average Bonchev–Trinajstić information content (AvgIpc) is 3.22. The lowest BCUT2D eigenvalue weighted by atomic mass is 10.2. The lowest BCUT2D eigenvalue weighted by Gasteiger charge is -2.20. The molecule has 7 nitrogen and oxygen atoms in total. The van der Waals surface area contributed by atoms with Gasteiger partial charge in [-0.1, -0.05) is 17.7 Å². The number of anilines is 2. The van der Waals surface area contributed by atoms with Gasteiger partial charge in [0.1, 0.15) is 11.6 Å². The van der Waals surface area contributed by atoms with Crippen LogP contribution in [0, 0.1) is 0 Å². The van der Waals surface area contributed by atoms with Crippen molar-refractivity contribution < 1.29 is 0 Å². The van der Waals surface area contributed by atoms with Gasteiger partial charge in [-0.25, -0.2) is 15.0 Å². The van der Waals surface area contributed by atoms with Gasteiger partial charge in [-0.05, 0) is 51.0 Å². The van der Waals surface area contributed by atoms with Gasteiger partial charge in [0, 0.05) is 51.2 Å². The Kier molecular flexibility index (Phi) is 10.6. The van der Waals surface area contributed by atoms with Crippen molar-refractivity contribution in [3.63, 3.8) is 0 Å². The molecule has 1 fully saturated rings. The Morgan fingerprint density at radius 2 is 2.03 bits per heavy atom. The van der Waals surface area contributed by atoms with Crippen LogP contribution < -0.4 is 20.4 Å². The summed E-state index contributed by atoms with van der Waals surface area (Å²) >= 11 is 6.30. The third kappa shape index (κ3) is 7.10. The largest absolute Gasteiger partial charge is 0.357 e. The van der Waals surface area contributed by atoms with E-state index in [2.05, 4.69) is 63.3 Å². The van der Waals surface area contributed by atoms with Crippen LogP contribution in [0.3, 0.4) is 0 Å². The second-order valence-electron chi connectivity index (χ2n) is 7.28. The Labute approximate surface area is 207 Å². The Hall–Kier alpha value is -1.81. The van der Waals surface area contributed by atoms with Crippen LogP contribution in [0.2, 0.25) is 5.02 Å². The summed E-state index contributed by atoms with van der Waals surface area (Å²) in [5, 5.41) is 7.59. The topological polar surface area (TPSA) is 68.7 Å². The molecule has 2 N–H and O–H groups in total. The predicted octanol–water partition coefficient (Wildman–Crippen LogP) is 3.93. The van der Waals surface area contributed by atoms with Gasteiger partial charge in [-0.15, -0.1) is 24.0 Å². The van der Waals surface area contributed by atoms with E-state index in [0.29, 0.717) is 17.6 Å². The van der Waals surface area contributed by atoms with Crippen LogP contribution in [0.1, 0.15) is 32.8 Å². The van der Waals surface area contributed by atoms with Gasteiger partial charge in [0.05, 0.1) is 11.6 Å². The number of guanidine groups is 1. The van der Waals surface area contributed by atoms with Crippen LogP contribution in [-0.2, 0) is 6.54 Å². The maximum Gasteiger partial charge on any atom is 0.191 e. The highest BCUT2D eigenvalue weighted by Gasteiger charge is 2.25. The standard InChI is InChI=1S/C22H32ClN7.HI/c1-4-24-22(27-15-17-9-10-20(26-14-17)29(5-2)6-3)28-18-11-13-30(16-18)21-19(23)8-7-12-25-21;/h7-10,12,14,18H,4-6,11,13,15-16H2,1-3H3,(H2,24,27,28);1H. The number of pyridine rings is 2. The average molecular weight is 558 g/mol. The fraction of sp³-hybridized carbons (Fsp3) is 0.500. The summed E-state index contributed by atoms with van der Waals surface area (Å²) in [6, 6.07) is 8.22. The molecule has 2 aromatic heterocycles. The first-order chi connectivity index (χ1) is 14.6. The Morgan fingerprint density at radius 1 is 1.23 bits per heavy atom. The number of nitrogens with zero attached hydrogens (tertiary/aromatic N) is 5. The van der Waals surface area contributed by atoms with Crippen molar-refractivity contribution >= 4 is 53.2 Å². The Bertz CT molecular complexity index is 827. The van der Waals surface area contributed by atoms with E-state index in [4.69, 9.17) is 16.6 Å². The van der Waals surface area contributed by atoms with Gasteiger partial charge >= 0.3 is 0 Å². The first-order valence-corrected chi connectivity index (χ1v) is 11.1. The highest BCUT2D eigenvalue weighted by atomic mass is 127. The molecule has 3 heterocycles. The van der Waals surface area contributed by atoms with Crippen molar-refractivity contribution in [2.75, 3.05) is 42.5 Å². The van der Waals surface area contributed by atoms with E-state index < -0.39 is 0 Å². The molecule has 170 valence electrons. The molecule has 1 atom stereocenters. The van der Waals surface area contributed by atoms with Gasteiger partial charge in [0.15, 0.2) is 5.96 Å². The van der Waals surface area contributed by atoms with Crippen LogP contribution in [0.4, 0.5) is 11.6 Å². The van der Waals surface area contributed by atoms with Crippen LogP contribution in [0.15, 0.2) is 41.7 Å². The highest BCUT2D eigenvalue weighted by molar-refractivity contribution is 14.0. The number of nitrogens with one attached hydrogen (secondary N) is 2.